The molecule has 0 aromatic carbocycles. The van der Waals surface area contributed by atoms with E-state index in [9.17, 15) is 9.18 Å². The van der Waals surface area contributed by atoms with Crippen molar-refractivity contribution in [3.63, 3.8) is 0 Å². The van der Waals surface area contributed by atoms with Crippen LogP contribution in [0.15, 0.2) is 18.3 Å². The van der Waals surface area contributed by atoms with Gasteiger partial charge in [-0.3, -0.25) is 4.79 Å². The van der Waals surface area contributed by atoms with Gasteiger partial charge in [0.1, 0.15) is 0 Å². The van der Waals surface area contributed by atoms with Crippen LogP contribution < -0.4 is 0 Å². The quantitative estimate of drug-likeness (QED) is 0.775. The van der Waals surface area contributed by atoms with E-state index < -0.39 is 5.95 Å². The molecule has 0 atom stereocenters. The summed E-state index contributed by atoms with van der Waals surface area (Å²) in [6.45, 7) is 4.00. The standard InChI is InChI=1S/C15H20FN3O/c16-14-4-3-12(11-17-14)15(20)19-9-5-13(6-10-19)18-7-1-2-8-18/h3-4,11,13H,1-2,5-10H2. The van der Waals surface area contributed by atoms with Crippen LogP contribution >= 0.6 is 0 Å². The number of amides is 1. The van der Waals surface area contributed by atoms with Crippen LogP contribution in [0.5, 0.6) is 0 Å². The lowest BCUT2D eigenvalue weighted by molar-refractivity contribution is 0.0644. The van der Waals surface area contributed by atoms with E-state index in [0.29, 0.717) is 11.6 Å². The molecule has 3 heterocycles. The number of aromatic nitrogens is 1. The van der Waals surface area contributed by atoms with Gasteiger partial charge >= 0.3 is 0 Å². The van der Waals surface area contributed by atoms with Gasteiger partial charge in [-0.15, -0.1) is 0 Å². The summed E-state index contributed by atoms with van der Waals surface area (Å²) in [6.07, 6.45) is 6.02. The fourth-order valence-electron chi connectivity index (χ4n) is 3.23. The van der Waals surface area contributed by atoms with Crippen molar-refractivity contribution in [2.45, 2.75) is 31.7 Å². The topological polar surface area (TPSA) is 36.4 Å². The predicted octanol–water partition coefficient (Wildman–Crippen LogP) is 1.92. The van der Waals surface area contributed by atoms with Gasteiger partial charge in [-0.25, -0.2) is 4.98 Å². The van der Waals surface area contributed by atoms with Crippen LogP contribution in [0.4, 0.5) is 4.39 Å². The molecule has 108 valence electrons. The molecule has 2 fully saturated rings. The zero-order chi connectivity index (χ0) is 13.9. The van der Waals surface area contributed by atoms with E-state index in [2.05, 4.69) is 9.88 Å². The molecule has 3 rings (SSSR count). The predicted molar refractivity (Wildman–Crippen MR) is 73.9 cm³/mol. The maximum Gasteiger partial charge on any atom is 0.255 e. The molecule has 1 amide bonds. The second-order valence-corrected chi connectivity index (χ2v) is 5.64. The molecule has 2 saturated heterocycles. The summed E-state index contributed by atoms with van der Waals surface area (Å²) in [4.78, 5) is 20.3. The number of piperidine rings is 1. The van der Waals surface area contributed by atoms with Crippen molar-refractivity contribution in [1.29, 1.82) is 0 Å². The number of carbonyl (C=O) groups is 1. The van der Waals surface area contributed by atoms with Gasteiger partial charge in [0.2, 0.25) is 5.95 Å². The first-order chi connectivity index (χ1) is 9.74. The van der Waals surface area contributed by atoms with Gasteiger partial charge in [0.25, 0.3) is 5.91 Å². The number of hydrogen-bond donors (Lipinski definition) is 0. The molecule has 2 aliphatic rings. The summed E-state index contributed by atoms with van der Waals surface area (Å²) in [5, 5.41) is 0. The number of carbonyl (C=O) groups excluding carboxylic acids is 1. The number of nitrogens with zero attached hydrogens (tertiary/aromatic N) is 3. The summed E-state index contributed by atoms with van der Waals surface area (Å²) in [5.41, 5.74) is 0.478. The van der Waals surface area contributed by atoms with Crippen LogP contribution in [0.1, 0.15) is 36.0 Å². The Kier molecular flexibility index (Phi) is 3.96. The van der Waals surface area contributed by atoms with Crippen molar-refractivity contribution in [1.82, 2.24) is 14.8 Å². The van der Waals surface area contributed by atoms with Crippen molar-refractivity contribution < 1.29 is 9.18 Å². The third kappa shape index (κ3) is 2.82. The van der Waals surface area contributed by atoms with Gasteiger partial charge in [0, 0.05) is 25.3 Å². The van der Waals surface area contributed by atoms with Gasteiger partial charge in [-0.2, -0.15) is 4.39 Å². The molecule has 20 heavy (non-hydrogen) atoms. The molecule has 1 aromatic heterocycles. The van der Waals surface area contributed by atoms with E-state index in [1.807, 2.05) is 4.90 Å². The SMILES string of the molecule is O=C(c1ccc(F)nc1)N1CCC(N2CCCC2)CC1. The van der Waals surface area contributed by atoms with E-state index in [4.69, 9.17) is 0 Å². The van der Waals surface area contributed by atoms with E-state index in [1.165, 1.54) is 44.3 Å². The first-order valence-corrected chi connectivity index (χ1v) is 7.39. The van der Waals surface area contributed by atoms with E-state index in [-0.39, 0.29) is 5.91 Å². The van der Waals surface area contributed by atoms with Crippen LogP contribution in [0.3, 0.4) is 0 Å². The Labute approximate surface area is 118 Å². The largest absolute Gasteiger partial charge is 0.338 e. The average Bonchev–Trinajstić information content (AvgIpc) is 3.02. The average molecular weight is 277 g/mol. The van der Waals surface area contributed by atoms with Gasteiger partial charge < -0.3 is 9.80 Å². The van der Waals surface area contributed by atoms with Gasteiger partial charge in [0.15, 0.2) is 0 Å². The Bertz CT molecular complexity index is 463. The molecule has 5 heteroatoms. The molecule has 0 saturated carbocycles. The van der Waals surface area contributed by atoms with E-state index in [1.54, 1.807) is 0 Å². The molecule has 2 aliphatic heterocycles. The second-order valence-electron chi connectivity index (χ2n) is 5.64. The number of halogens is 1. The molecule has 0 N–H and O–H groups in total. The molecular weight excluding hydrogens is 257 g/mol. The Hall–Kier alpha value is -1.49. The highest BCUT2D eigenvalue weighted by molar-refractivity contribution is 5.93. The first-order valence-electron chi connectivity index (χ1n) is 7.39. The lowest BCUT2D eigenvalue weighted by Gasteiger charge is -2.36. The number of pyridine rings is 1. The van der Waals surface area contributed by atoms with Crippen molar-refractivity contribution in [3.8, 4) is 0 Å². The molecular formula is C15H20FN3O. The lowest BCUT2D eigenvalue weighted by Crippen LogP contribution is -2.45. The van der Waals surface area contributed by atoms with Crippen LogP contribution in [0, 0.1) is 5.95 Å². The van der Waals surface area contributed by atoms with Crippen LogP contribution in [0.25, 0.3) is 0 Å². The van der Waals surface area contributed by atoms with Crippen LogP contribution in [-0.4, -0.2) is 52.9 Å². The third-order valence-electron chi connectivity index (χ3n) is 4.38. The molecule has 0 spiro atoms. The van der Waals surface area contributed by atoms with Crippen molar-refractivity contribution in [3.05, 3.63) is 29.8 Å². The Morgan fingerprint density at radius 3 is 2.45 bits per heavy atom. The normalized spacial score (nSPS) is 21.4. The Morgan fingerprint density at radius 1 is 1.15 bits per heavy atom. The monoisotopic (exact) mass is 277 g/mol. The first kappa shape index (κ1) is 13.5. The lowest BCUT2D eigenvalue weighted by atomic mass is 10.0. The Balaban J connectivity index is 1.57. The van der Waals surface area contributed by atoms with E-state index >= 15 is 0 Å². The zero-order valence-corrected chi connectivity index (χ0v) is 11.6. The third-order valence-corrected chi connectivity index (χ3v) is 4.38. The number of rotatable bonds is 2. The molecule has 0 bridgehead atoms. The Morgan fingerprint density at radius 2 is 1.85 bits per heavy atom. The summed E-state index contributed by atoms with van der Waals surface area (Å²) in [6, 6.07) is 3.38. The van der Waals surface area contributed by atoms with Crippen LogP contribution in [0.2, 0.25) is 0 Å². The van der Waals surface area contributed by atoms with Gasteiger partial charge in [-0.1, -0.05) is 0 Å². The highest BCUT2D eigenvalue weighted by atomic mass is 19.1. The van der Waals surface area contributed by atoms with Gasteiger partial charge in [0.05, 0.1) is 5.56 Å². The van der Waals surface area contributed by atoms with Crippen molar-refractivity contribution >= 4 is 5.91 Å². The molecule has 0 aliphatic carbocycles. The summed E-state index contributed by atoms with van der Waals surface area (Å²) in [5.74, 6) is -0.577. The second kappa shape index (κ2) is 5.87. The fourth-order valence-corrected chi connectivity index (χ4v) is 3.23. The molecule has 4 nitrogen and oxygen atoms in total. The highest BCUT2D eigenvalue weighted by Crippen LogP contribution is 2.22. The number of hydrogen-bond acceptors (Lipinski definition) is 3. The van der Waals surface area contributed by atoms with E-state index in [0.717, 1.165) is 25.9 Å². The van der Waals surface area contributed by atoms with Gasteiger partial charge in [-0.05, 0) is 50.9 Å². The maximum absolute atomic E-state index is 12.8. The smallest absolute Gasteiger partial charge is 0.255 e. The summed E-state index contributed by atoms with van der Waals surface area (Å²) < 4.78 is 12.8. The molecule has 0 radical (unpaired) electrons. The van der Waals surface area contributed by atoms with Crippen LogP contribution in [-0.2, 0) is 0 Å². The minimum Gasteiger partial charge on any atom is -0.338 e. The van der Waals surface area contributed by atoms with Crippen molar-refractivity contribution in [2.75, 3.05) is 26.2 Å². The minimum absolute atomic E-state index is 0.0302. The highest BCUT2D eigenvalue weighted by Gasteiger charge is 2.28. The number of likely N-dealkylation sites (tertiary alicyclic amines) is 2. The summed E-state index contributed by atoms with van der Waals surface area (Å²) in [7, 11) is 0. The minimum atomic E-state index is -0.547. The zero-order valence-electron chi connectivity index (χ0n) is 11.6. The molecule has 0 unspecified atom stereocenters. The molecule has 1 aromatic rings. The maximum atomic E-state index is 12.8. The van der Waals surface area contributed by atoms with Crippen molar-refractivity contribution in [2.24, 2.45) is 0 Å². The fraction of sp³-hybridized carbons (Fsp3) is 0.600. The summed E-state index contributed by atoms with van der Waals surface area (Å²) >= 11 is 0.